The van der Waals surface area contributed by atoms with Crippen molar-refractivity contribution in [2.45, 2.75) is 26.2 Å². The Hall–Kier alpha value is -1.51. The van der Waals surface area contributed by atoms with Crippen LogP contribution in [0.4, 0.5) is 5.69 Å². The van der Waals surface area contributed by atoms with Crippen molar-refractivity contribution < 1.29 is 9.53 Å². The number of carbonyl (C=O) groups is 1. The van der Waals surface area contributed by atoms with Gasteiger partial charge >= 0.3 is 0 Å². The molecule has 1 aromatic rings. The summed E-state index contributed by atoms with van der Waals surface area (Å²) in [5.74, 6) is 1.14. The van der Waals surface area contributed by atoms with Gasteiger partial charge < -0.3 is 14.4 Å². The minimum absolute atomic E-state index is 0.250. The Bertz CT molecular complexity index is 361. The van der Waals surface area contributed by atoms with Crippen molar-refractivity contribution in [2.75, 3.05) is 25.6 Å². The summed E-state index contributed by atoms with van der Waals surface area (Å²) in [6.07, 6.45) is 2.48. The van der Waals surface area contributed by atoms with E-state index < -0.39 is 0 Å². The molecule has 0 aliphatic heterocycles. The van der Waals surface area contributed by atoms with Gasteiger partial charge in [0.2, 0.25) is 0 Å². The van der Waals surface area contributed by atoms with Crippen LogP contribution in [0.5, 0.6) is 5.75 Å². The molecule has 17 heavy (non-hydrogen) atoms. The lowest BCUT2D eigenvalue weighted by molar-refractivity contribution is -0.117. The van der Waals surface area contributed by atoms with E-state index in [2.05, 4.69) is 0 Å². The molecule has 1 aromatic carbocycles. The fourth-order valence-electron chi connectivity index (χ4n) is 1.52. The van der Waals surface area contributed by atoms with Crippen molar-refractivity contribution >= 4 is 11.5 Å². The zero-order valence-corrected chi connectivity index (χ0v) is 10.9. The van der Waals surface area contributed by atoms with Gasteiger partial charge in [-0.2, -0.15) is 0 Å². The van der Waals surface area contributed by atoms with E-state index in [-0.39, 0.29) is 5.78 Å². The normalized spacial score (nSPS) is 10.1. The number of ketones is 1. The average molecular weight is 235 g/mol. The summed E-state index contributed by atoms with van der Waals surface area (Å²) in [4.78, 5) is 12.8. The Labute approximate surface area is 103 Å². The van der Waals surface area contributed by atoms with Crippen molar-refractivity contribution in [3.05, 3.63) is 24.3 Å². The van der Waals surface area contributed by atoms with Crippen LogP contribution in [0.3, 0.4) is 0 Å². The molecule has 94 valence electrons. The summed E-state index contributed by atoms with van der Waals surface area (Å²) in [5.41, 5.74) is 1.13. The van der Waals surface area contributed by atoms with Gasteiger partial charge in [0.05, 0.1) is 6.61 Å². The topological polar surface area (TPSA) is 29.5 Å². The SMILES string of the molecule is CC(=O)CCCCOc1cccc(N(C)C)c1. The van der Waals surface area contributed by atoms with Crippen molar-refractivity contribution in [3.63, 3.8) is 0 Å². The van der Waals surface area contributed by atoms with Crippen LogP contribution in [0, 0.1) is 0 Å². The number of carbonyl (C=O) groups excluding carboxylic acids is 1. The Balaban J connectivity index is 2.31. The smallest absolute Gasteiger partial charge is 0.129 e. The van der Waals surface area contributed by atoms with Gasteiger partial charge in [-0.3, -0.25) is 0 Å². The number of ether oxygens (including phenoxy) is 1. The zero-order valence-electron chi connectivity index (χ0n) is 10.9. The highest BCUT2D eigenvalue weighted by atomic mass is 16.5. The number of benzene rings is 1. The van der Waals surface area contributed by atoms with Crippen LogP contribution in [0.2, 0.25) is 0 Å². The molecule has 0 radical (unpaired) electrons. The van der Waals surface area contributed by atoms with Gasteiger partial charge in [-0.25, -0.2) is 0 Å². The number of hydrogen-bond acceptors (Lipinski definition) is 3. The summed E-state index contributed by atoms with van der Waals surface area (Å²) in [6, 6.07) is 8.01. The van der Waals surface area contributed by atoms with E-state index in [0.29, 0.717) is 13.0 Å². The lowest BCUT2D eigenvalue weighted by Crippen LogP contribution is -2.08. The molecule has 0 N–H and O–H groups in total. The van der Waals surface area contributed by atoms with Crippen LogP contribution < -0.4 is 9.64 Å². The van der Waals surface area contributed by atoms with Crippen LogP contribution in [-0.4, -0.2) is 26.5 Å². The molecule has 0 unspecified atom stereocenters. The number of rotatable bonds is 7. The zero-order chi connectivity index (χ0) is 12.7. The standard InChI is InChI=1S/C14H21NO2/c1-12(16)7-4-5-10-17-14-9-6-8-13(11-14)15(2)3/h6,8-9,11H,4-5,7,10H2,1-3H3. The Kier molecular flexibility index (Phi) is 5.53. The molecule has 0 atom stereocenters. The first-order chi connectivity index (χ1) is 8.09. The summed E-state index contributed by atoms with van der Waals surface area (Å²) in [5, 5.41) is 0. The van der Waals surface area contributed by atoms with E-state index in [4.69, 9.17) is 4.74 Å². The largest absolute Gasteiger partial charge is 0.494 e. The van der Waals surface area contributed by atoms with E-state index in [0.717, 1.165) is 24.3 Å². The predicted octanol–water partition coefficient (Wildman–Crippen LogP) is 2.89. The highest BCUT2D eigenvalue weighted by molar-refractivity contribution is 5.75. The van der Waals surface area contributed by atoms with Crippen LogP contribution in [0.25, 0.3) is 0 Å². The van der Waals surface area contributed by atoms with Crippen molar-refractivity contribution in [1.82, 2.24) is 0 Å². The second-order valence-corrected chi connectivity index (χ2v) is 4.40. The van der Waals surface area contributed by atoms with Crippen molar-refractivity contribution in [1.29, 1.82) is 0 Å². The molecule has 3 nitrogen and oxygen atoms in total. The Morgan fingerprint density at radius 2 is 2.06 bits per heavy atom. The number of hydrogen-bond donors (Lipinski definition) is 0. The quantitative estimate of drug-likeness (QED) is 0.681. The van der Waals surface area contributed by atoms with Crippen LogP contribution in [0.15, 0.2) is 24.3 Å². The summed E-state index contributed by atoms with van der Waals surface area (Å²) >= 11 is 0. The van der Waals surface area contributed by atoms with Crippen LogP contribution in [0.1, 0.15) is 26.2 Å². The molecule has 0 saturated heterocycles. The molecule has 0 bridgehead atoms. The number of unbranched alkanes of at least 4 members (excludes halogenated alkanes) is 1. The summed E-state index contributed by atoms with van der Waals surface area (Å²) < 4.78 is 5.64. The van der Waals surface area contributed by atoms with Gasteiger partial charge in [-0.1, -0.05) is 6.07 Å². The molecule has 0 aliphatic carbocycles. The highest BCUT2D eigenvalue weighted by Gasteiger charge is 1.99. The second-order valence-electron chi connectivity index (χ2n) is 4.40. The molecule has 0 heterocycles. The van der Waals surface area contributed by atoms with Crippen molar-refractivity contribution in [3.8, 4) is 5.75 Å². The van der Waals surface area contributed by atoms with Gasteiger partial charge in [-0.15, -0.1) is 0 Å². The molecule has 0 fully saturated rings. The predicted molar refractivity (Wildman–Crippen MR) is 70.8 cm³/mol. The van der Waals surface area contributed by atoms with Crippen molar-refractivity contribution in [2.24, 2.45) is 0 Å². The third kappa shape index (κ3) is 5.38. The third-order valence-electron chi connectivity index (χ3n) is 2.53. The molecule has 0 aliphatic rings. The van der Waals surface area contributed by atoms with E-state index >= 15 is 0 Å². The minimum Gasteiger partial charge on any atom is -0.494 e. The Morgan fingerprint density at radius 1 is 1.29 bits per heavy atom. The maximum absolute atomic E-state index is 10.8. The Morgan fingerprint density at radius 3 is 2.71 bits per heavy atom. The molecule has 1 rings (SSSR count). The number of anilines is 1. The minimum atomic E-state index is 0.250. The maximum atomic E-state index is 10.8. The van der Waals surface area contributed by atoms with Gasteiger partial charge in [0.1, 0.15) is 11.5 Å². The molecule has 0 spiro atoms. The molecule has 0 saturated carbocycles. The lowest BCUT2D eigenvalue weighted by Gasteiger charge is -2.14. The summed E-state index contributed by atoms with van der Waals surface area (Å²) in [7, 11) is 4.01. The van der Waals surface area contributed by atoms with E-state index in [1.807, 2.05) is 43.3 Å². The molecule has 3 heteroatoms. The van der Waals surface area contributed by atoms with Gasteiger partial charge in [0.15, 0.2) is 0 Å². The van der Waals surface area contributed by atoms with Crippen LogP contribution >= 0.6 is 0 Å². The fourth-order valence-corrected chi connectivity index (χ4v) is 1.52. The number of Topliss-reactive ketones (excluding diaryl/α,β-unsaturated/α-hetero) is 1. The lowest BCUT2D eigenvalue weighted by atomic mass is 10.2. The number of nitrogens with zero attached hydrogens (tertiary/aromatic N) is 1. The molecular formula is C14H21NO2. The van der Waals surface area contributed by atoms with E-state index in [9.17, 15) is 4.79 Å². The average Bonchev–Trinajstić information content (AvgIpc) is 2.28. The first-order valence-corrected chi connectivity index (χ1v) is 5.99. The fraction of sp³-hybridized carbons (Fsp3) is 0.500. The molecule has 0 aromatic heterocycles. The summed E-state index contributed by atoms with van der Waals surface area (Å²) in [6.45, 7) is 2.30. The second kappa shape index (κ2) is 6.94. The third-order valence-corrected chi connectivity index (χ3v) is 2.53. The molecular weight excluding hydrogens is 214 g/mol. The van der Waals surface area contributed by atoms with Gasteiger partial charge in [0.25, 0.3) is 0 Å². The van der Waals surface area contributed by atoms with Crippen LogP contribution in [-0.2, 0) is 4.79 Å². The maximum Gasteiger partial charge on any atom is 0.129 e. The highest BCUT2D eigenvalue weighted by Crippen LogP contribution is 2.19. The van der Waals surface area contributed by atoms with E-state index in [1.165, 1.54) is 0 Å². The monoisotopic (exact) mass is 235 g/mol. The van der Waals surface area contributed by atoms with Gasteiger partial charge in [0, 0.05) is 32.3 Å². The van der Waals surface area contributed by atoms with E-state index in [1.54, 1.807) is 6.92 Å². The first kappa shape index (κ1) is 13.6. The molecule has 0 amide bonds. The van der Waals surface area contributed by atoms with Gasteiger partial charge in [-0.05, 0) is 31.9 Å². The first-order valence-electron chi connectivity index (χ1n) is 5.99.